The Morgan fingerprint density at radius 3 is 2.62 bits per heavy atom. The summed E-state index contributed by atoms with van der Waals surface area (Å²) in [5.74, 6) is 0.364. The number of hydrogen-bond donors (Lipinski definition) is 0. The Morgan fingerprint density at radius 1 is 1.06 bits per heavy atom. The highest BCUT2D eigenvalue weighted by Gasteiger charge is 2.13. The number of rotatable bonds is 7. The number of benzene rings is 2. The summed E-state index contributed by atoms with van der Waals surface area (Å²) in [5.41, 5.74) is 4.42. The zero-order chi connectivity index (χ0) is 22.7. The number of aromatic nitrogens is 1. The molecule has 0 fully saturated rings. The maximum atomic E-state index is 12.4. The van der Waals surface area contributed by atoms with Crippen molar-refractivity contribution in [2.45, 2.75) is 40.4 Å². The summed E-state index contributed by atoms with van der Waals surface area (Å²) in [5, 5.41) is 3.38. The summed E-state index contributed by atoms with van der Waals surface area (Å²) in [6, 6.07) is 13.0. The molecule has 0 radical (unpaired) electrons. The van der Waals surface area contributed by atoms with Gasteiger partial charge in [-0.05, 0) is 44.0 Å². The Hall–Kier alpha value is -3.45. The van der Waals surface area contributed by atoms with Gasteiger partial charge in [0.05, 0.1) is 12.1 Å². The fourth-order valence-electron chi connectivity index (χ4n) is 3.28. The van der Waals surface area contributed by atoms with Crippen LogP contribution in [0, 0.1) is 20.8 Å². The van der Waals surface area contributed by atoms with E-state index in [-0.39, 0.29) is 13.0 Å². The summed E-state index contributed by atoms with van der Waals surface area (Å²) in [4.78, 5) is 28.8. The Balaban J connectivity index is 1.36. The van der Waals surface area contributed by atoms with Gasteiger partial charge in [0.2, 0.25) is 0 Å². The van der Waals surface area contributed by atoms with E-state index in [1.807, 2.05) is 62.5 Å². The highest BCUT2D eigenvalue weighted by atomic mass is 32.1. The number of thiazole rings is 1. The highest BCUT2D eigenvalue weighted by molar-refractivity contribution is 7.09. The predicted octanol–water partition coefficient (Wildman–Crippen LogP) is 5.04. The Labute approximate surface area is 189 Å². The second-order valence-electron chi connectivity index (χ2n) is 7.65. The lowest BCUT2D eigenvalue weighted by Crippen LogP contribution is -2.10. The van der Waals surface area contributed by atoms with Crippen molar-refractivity contribution in [3.63, 3.8) is 0 Å². The van der Waals surface area contributed by atoms with E-state index in [0.29, 0.717) is 23.4 Å². The summed E-state index contributed by atoms with van der Waals surface area (Å²) in [7, 11) is 0. The largest absolute Gasteiger partial charge is 0.486 e. The van der Waals surface area contributed by atoms with Crippen LogP contribution in [0.4, 0.5) is 0 Å². The van der Waals surface area contributed by atoms with Gasteiger partial charge in [0, 0.05) is 22.4 Å². The highest BCUT2D eigenvalue weighted by Crippen LogP contribution is 2.24. The molecule has 7 heteroatoms. The number of ether oxygens (including phenoxy) is 2. The third-order valence-electron chi connectivity index (χ3n) is 5.21. The molecule has 6 nitrogen and oxygen atoms in total. The Kier molecular flexibility index (Phi) is 6.37. The van der Waals surface area contributed by atoms with Crippen LogP contribution in [0.2, 0.25) is 0 Å². The molecule has 4 rings (SSSR count). The van der Waals surface area contributed by atoms with E-state index in [4.69, 9.17) is 13.9 Å². The van der Waals surface area contributed by atoms with Gasteiger partial charge in [0.25, 0.3) is 0 Å². The lowest BCUT2D eigenvalue weighted by molar-refractivity contribution is -0.144. The molecule has 0 unspecified atom stereocenters. The van der Waals surface area contributed by atoms with Gasteiger partial charge < -0.3 is 13.9 Å². The van der Waals surface area contributed by atoms with Gasteiger partial charge in [-0.25, -0.2) is 9.78 Å². The molecule has 0 amide bonds. The van der Waals surface area contributed by atoms with E-state index in [2.05, 4.69) is 4.98 Å². The molecule has 0 aliphatic rings. The number of esters is 1. The minimum Gasteiger partial charge on any atom is -0.486 e. The standard InChI is InChI=1S/C25H23NO5S/c1-15-4-7-20(8-5-15)29-13-22-26-19(14-32-22)11-23(27)30-12-18-10-24(28)31-25-17(3)16(2)6-9-21(18)25/h4-10,14H,11-13H2,1-3H3. The fourth-order valence-corrected chi connectivity index (χ4v) is 3.98. The van der Waals surface area contributed by atoms with E-state index in [9.17, 15) is 9.59 Å². The molecule has 0 saturated carbocycles. The molecule has 164 valence electrons. The van der Waals surface area contributed by atoms with Crippen LogP contribution < -0.4 is 10.4 Å². The molecule has 0 N–H and O–H groups in total. The smallest absolute Gasteiger partial charge is 0.336 e. The van der Waals surface area contributed by atoms with Gasteiger partial charge in [-0.3, -0.25) is 4.79 Å². The van der Waals surface area contributed by atoms with Crippen molar-refractivity contribution in [1.82, 2.24) is 4.98 Å². The zero-order valence-corrected chi connectivity index (χ0v) is 19.0. The summed E-state index contributed by atoms with van der Waals surface area (Å²) in [6.45, 7) is 6.21. The molecule has 0 aliphatic heterocycles. The van der Waals surface area contributed by atoms with Crippen molar-refractivity contribution in [3.8, 4) is 5.75 Å². The molecule has 2 aromatic carbocycles. The number of nitrogens with zero attached hydrogens (tertiary/aromatic N) is 1. The molecule has 0 bridgehead atoms. The molecule has 2 heterocycles. The van der Waals surface area contributed by atoms with Crippen molar-refractivity contribution in [1.29, 1.82) is 0 Å². The minimum atomic E-state index is -0.463. The van der Waals surface area contributed by atoms with Crippen molar-refractivity contribution in [2.24, 2.45) is 0 Å². The average molecular weight is 450 g/mol. The monoisotopic (exact) mass is 449 g/mol. The maximum absolute atomic E-state index is 12.4. The van der Waals surface area contributed by atoms with Crippen LogP contribution in [-0.4, -0.2) is 11.0 Å². The van der Waals surface area contributed by atoms with E-state index in [0.717, 1.165) is 27.3 Å². The lowest BCUT2D eigenvalue weighted by atomic mass is 10.0. The van der Waals surface area contributed by atoms with Gasteiger partial charge in [-0.2, -0.15) is 0 Å². The van der Waals surface area contributed by atoms with Gasteiger partial charge in [0.15, 0.2) is 0 Å². The molecule has 0 atom stereocenters. The third-order valence-corrected chi connectivity index (χ3v) is 6.09. The first kappa shape index (κ1) is 21.8. The number of hydrogen-bond acceptors (Lipinski definition) is 7. The van der Waals surface area contributed by atoms with Crippen LogP contribution in [0.25, 0.3) is 11.0 Å². The molecule has 4 aromatic rings. The summed E-state index contributed by atoms with van der Waals surface area (Å²) >= 11 is 1.44. The second-order valence-corrected chi connectivity index (χ2v) is 8.59. The quantitative estimate of drug-likeness (QED) is 0.291. The first-order valence-electron chi connectivity index (χ1n) is 10.2. The molecular formula is C25H23NO5S. The van der Waals surface area contributed by atoms with E-state index < -0.39 is 11.6 Å². The van der Waals surface area contributed by atoms with Crippen LogP contribution in [0.15, 0.2) is 57.1 Å². The zero-order valence-electron chi connectivity index (χ0n) is 18.1. The van der Waals surface area contributed by atoms with Crippen LogP contribution in [0.1, 0.15) is 33.0 Å². The number of aryl methyl sites for hydroxylation is 3. The van der Waals surface area contributed by atoms with Crippen molar-refractivity contribution < 1.29 is 18.7 Å². The van der Waals surface area contributed by atoms with E-state index in [1.54, 1.807) is 0 Å². The first-order chi connectivity index (χ1) is 15.4. The average Bonchev–Trinajstić information content (AvgIpc) is 3.21. The van der Waals surface area contributed by atoms with Crippen molar-refractivity contribution in [2.75, 3.05) is 0 Å². The van der Waals surface area contributed by atoms with E-state index >= 15 is 0 Å². The molecule has 0 spiro atoms. The summed E-state index contributed by atoms with van der Waals surface area (Å²) in [6.07, 6.45) is 0.0541. The second kappa shape index (κ2) is 9.36. The van der Waals surface area contributed by atoms with Crippen LogP contribution in [-0.2, 0) is 29.2 Å². The number of carbonyl (C=O) groups excluding carboxylic acids is 1. The summed E-state index contributed by atoms with van der Waals surface area (Å²) < 4.78 is 16.5. The van der Waals surface area contributed by atoms with Crippen molar-refractivity contribution in [3.05, 3.63) is 91.2 Å². The molecular weight excluding hydrogens is 426 g/mol. The fraction of sp³-hybridized carbons (Fsp3) is 0.240. The van der Waals surface area contributed by atoms with Crippen LogP contribution >= 0.6 is 11.3 Å². The molecule has 32 heavy (non-hydrogen) atoms. The minimum absolute atomic E-state index is 0.00301. The number of carbonyl (C=O) groups is 1. The normalized spacial score (nSPS) is 11.0. The predicted molar refractivity (Wildman–Crippen MR) is 123 cm³/mol. The maximum Gasteiger partial charge on any atom is 0.336 e. The SMILES string of the molecule is Cc1ccc(OCc2nc(CC(=O)OCc3cc(=O)oc4c(C)c(C)ccc34)cs2)cc1. The topological polar surface area (TPSA) is 78.6 Å². The van der Waals surface area contributed by atoms with Gasteiger partial charge in [-0.1, -0.05) is 29.8 Å². The van der Waals surface area contributed by atoms with E-state index in [1.165, 1.54) is 23.0 Å². The lowest BCUT2D eigenvalue weighted by Gasteiger charge is -2.09. The van der Waals surface area contributed by atoms with Gasteiger partial charge >= 0.3 is 11.6 Å². The van der Waals surface area contributed by atoms with Gasteiger partial charge in [-0.15, -0.1) is 11.3 Å². The van der Waals surface area contributed by atoms with Gasteiger partial charge in [0.1, 0.15) is 29.6 Å². The third kappa shape index (κ3) is 5.06. The van der Waals surface area contributed by atoms with Crippen LogP contribution in [0.5, 0.6) is 5.75 Å². The molecule has 2 aromatic heterocycles. The van der Waals surface area contributed by atoms with Crippen molar-refractivity contribution >= 4 is 28.3 Å². The van der Waals surface area contributed by atoms with Crippen LogP contribution in [0.3, 0.4) is 0 Å². The molecule has 0 aliphatic carbocycles. The Bertz CT molecular complexity index is 1320. The molecule has 0 saturated heterocycles. The number of fused-ring (bicyclic) bond motifs is 1. The Morgan fingerprint density at radius 2 is 1.84 bits per heavy atom. The first-order valence-corrected chi connectivity index (χ1v) is 11.1.